The van der Waals surface area contributed by atoms with Crippen LogP contribution < -0.4 is 10.9 Å². The molecule has 0 amide bonds. The molecule has 0 aliphatic rings. The van der Waals surface area contributed by atoms with Crippen molar-refractivity contribution in [2.45, 2.75) is 19.6 Å². The highest BCUT2D eigenvalue weighted by Gasteiger charge is 2.39. The summed E-state index contributed by atoms with van der Waals surface area (Å²) >= 11 is 3.43. The van der Waals surface area contributed by atoms with Gasteiger partial charge < -0.3 is 19.3 Å². The van der Waals surface area contributed by atoms with Gasteiger partial charge in [-0.3, -0.25) is 9.36 Å². The Kier molecular flexibility index (Phi) is 6.73. The fraction of sp³-hybridized carbons (Fsp3) is 0.250. The van der Waals surface area contributed by atoms with Gasteiger partial charge in [-0.1, -0.05) is 40.2 Å². The number of para-hydroxylation sites is 1. The third-order valence-corrected chi connectivity index (χ3v) is 6.91. The number of fused-ring (bicyclic) bond motifs is 1. The molecule has 1 atom stereocenters. The first-order chi connectivity index (χ1) is 13.5. The molecule has 0 aliphatic carbocycles. The molecule has 0 spiro atoms. The molecule has 8 heteroatoms. The van der Waals surface area contributed by atoms with E-state index in [2.05, 4.69) is 26.2 Å². The van der Waals surface area contributed by atoms with Crippen molar-refractivity contribution < 1.29 is 13.6 Å². The Balaban J connectivity index is 2.16. The van der Waals surface area contributed by atoms with Crippen molar-refractivity contribution in [1.82, 2.24) is 4.98 Å². The number of aromatic nitrogens is 1. The molecule has 0 saturated carbocycles. The molecule has 1 unspecified atom stereocenters. The summed E-state index contributed by atoms with van der Waals surface area (Å²) in [5, 5.41) is 4.02. The van der Waals surface area contributed by atoms with Gasteiger partial charge in [0, 0.05) is 15.7 Å². The van der Waals surface area contributed by atoms with E-state index < -0.39 is 13.4 Å². The Morgan fingerprint density at radius 3 is 2.46 bits per heavy atom. The van der Waals surface area contributed by atoms with E-state index in [1.165, 1.54) is 0 Å². The molecule has 0 saturated heterocycles. The minimum absolute atomic E-state index is 0.194. The van der Waals surface area contributed by atoms with Crippen LogP contribution in [0.3, 0.4) is 0 Å². The number of hydrogen-bond acceptors (Lipinski definition) is 5. The second kappa shape index (κ2) is 9.05. The van der Waals surface area contributed by atoms with E-state index >= 15 is 0 Å². The molecule has 2 N–H and O–H groups in total. The van der Waals surface area contributed by atoms with Gasteiger partial charge in [-0.05, 0) is 49.6 Å². The SMILES string of the molecule is CCOP(=O)(OCC)C(Nc1cccc(Br)c1)c1cc2ccccc2[nH]c1=O. The Bertz CT molecular complexity index is 1060. The van der Waals surface area contributed by atoms with Crippen LogP contribution in [0, 0.1) is 0 Å². The van der Waals surface area contributed by atoms with Crippen molar-refractivity contribution in [2.75, 3.05) is 18.5 Å². The molecule has 6 nitrogen and oxygen atoms in total. The summed E-state index contributed by atoms with van der Waals surface area (Å²) in [6.45, 7) is 3.87. The summed E-state index contributed by atoms with van der Waals surface area (Å²) in [4.78, 5) is 15.7. The number of aromatic amines is 1. The smallest absolute Gasteiger partial charge is 0.357 e. The molecule has 148 valence electrons. The lowest BCUT2D eigenvalue weighted by atomic mass is 10.1. The maximum absolute atomic E-state index is 13.6. The maximum Gasteiger partial charge on any atom is 0.357 e. The molecule has 0 aliphatic heterocycles. The van der Waals surface area contributed by atoms with Crippen molar-refractivity contribution in [3.8, 4) is 0 Å². The van der Waals surface area contributed by atoms with Crippen molar-refractivity contribution in [3.63, 3.8) is 0 Å². The average Bonchev–Trinajstić information content (AvgIpc) is 2.66. The number of nitrogens with one attached hydrogen (secondary N) is 2. The van der Waals surface area contributed by atoms with E-state index in [4.69, 9.17) is 9.05 Å². The predicted octanol–water partition coefficient (Wildman–Crippen LogP) is 5.67. The van der Waals surface area contributed by atoms with Gasteiger partial charge in [0.05, 0.1) is 18.8 Å². The summed E-state index contributed by atoms with van der Waals surface area (Å²) in [5.74, 6) is -0.963. The fourth-order valence-corrected chi connectivity index (χ4v) is 5.31. The zero-order chi connectivity index (χ0) is 20.1. The van der Waals surface area contributed by atoms with Crippen molar-refractivity contribution >= 4 is 40.1 Å². The first kappa shape index (κ1) is 20.8. The number of anilines is 1. The summed E-state index contributed by atoms with van der Waals surface area (Å²) in [7, 11) is -3.68. The zero-order valence-electron chi connectivity index (χ0n) is 15.6. The number of rotatable bonds is 8. The molecule has 1 heterocycles. The summed E-state index contributed by atoms with van der Waals surface area (Å²) in [6, 6.07) is 16.6. The van der Waals surface area contributed by atoms with Crippen molar-refractivity contribution in [3.05, 3.63) is 75.0 Å². The third kappa shape index (κ3) is 4.55. The third-order valence-electron chi connectivity index (χ3n) is 4.14. The first-order valence-corrected chi connectivity index (χ1v) is 11.4. The molecule has 3 rings (SSSR count). The largest absolute Gasteiger partial charge is 0.368 e. The van der Waals surface area contributed by atoms with Crippen LogP contribution in [0.25, 0.3) is 10.9 Å². The van der Waals surface area contributed by atoms with Gasteiger partial charge in [-0.15, -0.1) is 0 Å². The maximum atomic E-state index is 13.6. The Morgan fingerprint density at radius 2 is 1.79 bits per heavy atom. The number of H-pyrrole nitrogens is 1. The van der Waals surface area contributed by atoms with Gasteiger partial charge in [0.1, 0.15) is 0 Å². The number of pyridine rings is 1. The van der Waals surface area contributed by atoms with Gasteiger partial charge in [0.25, 0.3) is 5.56 Å². The molecule has 2 aromatic carbocycles. The van der Waals surface area contributed by atoms with Crippen molar-refractivity contribution in [2.24, 2.45) is 0 Å². The topological polar surface area (TPSA) is 80.4 Å². The van der Waals surface area contributed by atoms with E-state index in [1.807, 2.05) is 48.5 Å². The minimum Gasteiger partial charge on any atom is -0.368 e. The lowest BCUT2D eigenvalue weighted by Gasteiger charge is -2.28. The lowest BCUT2D eigenvalue weighted by Crippen LogP contribution is -2.23. The molecule has 3 aromatic rings. The standard InChI is InChI=1S/C20H22BrN2O4P/c1-3-26-28(25,27-4-2)20(22-16-10-7-9-15(21)13-16)17-12-14-8-5-6-11-18(14)23-19(17)24/h5-13,20,22H,3-4H2,1-2H3,(H,23,24). The van der Waals surface area contributed by atoms with Crippen LogP contribution in [0.1, 0.15) is 25.2 Å². The van der Waals surface area contributed by atoms with Crippen LogP contribution in [-0.4, -0.2) is 18.2 Å². The van der Waals surface area contributed by atoms with Gasteiger partial charge in [0.15, 0.2) is 5.78 Å². The Labute approximate surface area is 171 Å². The molecular formula is C20H22BrN2O4P. The molecule has 1 aromatic heterocycles. The molecule has 28 heavy (non-hydrogen) atoms. The highest BCUT2D eigenvalue weighted by atomic mass is 79.9. The van der Waals surface area contributed by atoms with E-state index in [9.17, 15) is 9.36 Å². The van der Waals surface area contributed by atoms with Gasteiger partial charge >= 0.3 is 7.60 Å². The zero-order valence-corrected chi connectivity index (χ0v) is 18.1. The fourth-order valence-electron chi connectivity index (χ4n) is 2.98. The van der Waals surface area contributed by atoms with Gasteiger partial charge in [-0.2, -0.15) is 0 Å². The van der Waals surface area contributed by atoms with Crippen LogP contribution >= 0.6 is 23.5 Å². The number of hydrogen-bond donors (Lipinski definition) is 2. The molecule has 0 radical (unpaired) electrons. The van der Waals surface area contributed by atoms with E-state index in [0.717, 1.165) is 9.86 Å². The molecule has 0 fully saturated rings. The van der Waals surface area contributed by atoms with Crippen molar-refractivity contribution in [1.29, 1.82) is 0 Å². The summed E-state index contributed by atoms with van der Waals surface area (Å²) < 4.78 is 25.6. The number of halogens is 1. The normalized spacial score (nSPS) is 12.8. The Morgan fingerprint density at radius 1 is 1.07 bits per heavy atom. The van der Waals surface area contributed by atoms with Crippen LogP contribution in [0.15, 0.2) is 63.9 Å². The van der Waals surface area contributed by atoms with Gasteiger partial charge in [0.2, 0.25) is 0 Å². The second-order valence-electron chi connectivity index (χ2n) is 6.07. The van der Waals surface area contributed by atoms with E-state index in [0.29, 0.717) is 16.8 Å². The molecular weight excluding hydrogens is 443 g/mol. The minimum atomic E-state index is -3.68. The van der Waals surface area contributed by atoms with Crippen LogP contribution in [0.2, 0.25) is 0 Å². The second-order valence-corrected chi connectivity index (χ2v) is 9.10. The monoisotopic (exact) mass is 464 g/mol. The van der Waals surface area contributed by atoms with E-state index in [1.54, 1.807) is 19.9 Å². The highest BCUT2D eigenvalue weighted by molar-refractivity contribution is 9.10. The predicted molar refractivity (Wildman–Crippen MR) is 116 cm³/mol. The van der Waals surface area contributed by atoms with Crippen LogP contribution in [0.5, 0.6) is 0 Å². The average molecular weight is 465 g/mol. The lowest BCUT2D eigenvalue weighted by molar-refractivity contribution is 0.214. The quantitative estimate of drug-likeness (QED) is 0.420. The number of benzene rings is 2. The van der Waals surface area contributed by atoms with E-state index in [-0.39, 0.29) is 18.8 Å². The summed E-state index contributed by atoms with van der Waals surface area (Å²) in [6.07, 6.45) is 0. The molecule has 0 bridgehead atoms. The highest BCUT2D eigenvalue weighted by Crippen LogP contribution is 2.60. The first-order valence-electron chi connectivity index (χ1n) is 8.99. The van der Waals surface area contributed by atoms with Crippen LogP contribution in [-0.2, 0) is 13.6 Å². The summed E-state index contributed by atoms with van der Waals surface area (Å²) in [5.41, 5.74) is 1.35. The van der Waals surface area contributed by atoms with Gasteiger partial charge in [-0.25, -0.2) is 0 Å². The Hall–Kier alpha value is -1.92. The van der Waals surface area contributed by atoms with Crippen LogP contribution in [0.4, 0.5) is 5.69 Å².